The molecular formula is C8H15NO3. The maximum absolute atomic E-state index is 10.9. The molecule has 0 aliphatic rings. The van der Waals surface area contributed by atoms with E-state index in [2.05, 4.69) is 4.74 Å². The van der Waals surface area contributed by atoms with E-state index in [0.29, 0.717) is 19.6 Å². The maximum Gasteiger partial charge on any atom is 0.374 e. The first kappa shape index (κ1) is 11.1. The van der Waals surface area contributed by atoms with Crippen molar-refractivity contribution in [3.05, 3.63) is 0 Å². The Morgan fingerprint density at radius 1 is 1.42 bits per heavy atom. The summed E-state index contributed by atoms with van der Waals surface area (Å²) in [4.78, 5) is 21.7. The second-order valence-corrected chi connectivity index (χ2v) is 2.45. The van der Waals surface area contributed by atoms with E-state index in [1.54, 1.807) is 0 Å². The van der Waals surface area contributed by atoms with Crippen LogP contribution in [-0.2, 0) is 14.3 Å². The highest BCUT2D eigenvalue weighted by molar-refractivity contribution is 6.33. The van der Waals surface area contributed by atoms with Crippen molar-refractivity contribution in [3.8, 4) is 0 Å². The molecule has 0 saturated heterocycles. The van der Waals surface area contributed by atoms with E-state index in [-0.39, 0.29) is 6.42 Å². The Hall–Kier alpha value is -0.900. The normalized spacial score (nSPS) is 9.50. The van der Waals surface area contributed by atoms with Crippen molar-refractivity contribution in [2.75, 3.05) is 13.2 Å². The van der Waals surface area contributed by atoms with Gasteiger partial charge in [-0.25, -0.2) is 4.79 Å². The molecule has 2 N–H and O–H groups in total. The lowest BCUT2D eigenvalue weighted by Crippen LogP contribution is -2.18. The van der Waals surface area contributed by atoms with Gasteiger partial charge in [0.2, 0.25) is 5.78 Å². The number of hydrogen-bond donors (Lipinski definition) is 1. The number of Topliss-reactive ketones (excluding diaryl/α,β-unsaturated/α-hetero) is 1. The Morgan fingerprint density at radius 3 is 2.58 bits per heavy atom. The Balaban J connectivity index is 3.55. The van der Waals surface area contributed by atoms with Crippen LogP contribution in [0.3, 0.4) is 0 Å². The van der Waals surface area contributed by atoms with Crippen molar-refractivity contribution in [1.82, 2.24) is 0 Å². The van der Waals surface area contributed by atoms with Gasteiger partial charge in [0.25, 0.3) is 0 Å². The molecule has 4 heteroatoms. The monoisotopic (exact) mass is 173 g/mol. The number of esters is 1. The molecule has 0 spiro atoms. The molecule has 0 atom stereocenters. The van der Waals surface area contributed by atoms with Gasteiger partial charge < -0.3 is 10.5 Å². The van der Waals surface area contributed by atoms with Crippen LogP contribution in [0, 0.1) is 0 Å². The quantitative estimate of drug-likeness (QED) is 0.461. The van der Waals surface area contributed by atoms with Gasteiger partial charge in [-0.1, -0.05) is 6.92 Å². The highest BCUT2D eigenvalue weighted by Crippen LogP contribution is 1.92. The largest absolute Gasteiger partial charge is 0.460 e. The molecule has 0 saturated carbocycles. The minimum absolute atomic E-state index is 0.193. The first-order chi connectivity index (χ1) is 5.72. The standard InChI is InChI=1S/C8H15NO3/c1-2-6-12-8(11)7(10)4-3-5-9/h2-6,9H2,1H3. The molecule has 0 aromatic heterocycles. The van der Waals surface area contributed by atoms with Crippen LogP contribution in [0.1, 0.15) is 26.2 Å². The van der Waals surface area contributed by atoms with Gasteiger partial charge in [-0.05, 0) is 19.4 Å². The summed E-state index contributed by atoms with van der Waals surface area (Å²) in [6.07, 6.45) is 1.47. The van der Waals surface area contributed by atoms with E-state index in [9.17, 15) is 9.59 Å². The third kappa shape index (κ3) is 4.85. The first-order valence-corrected chi connectivity index (χ1v) is 4.12. The topological polar surface area (TPSA) is 69.4 Å². The average Bonchev–Trinajstić information content (AvgIpc) is 2.10. The molecule has 0 radical (unpaired) electrons. The van der Waals surface area contributed by atoms with Crippen LogP contribution < -0.4 is 5.73 Å². The van der Waals surface area contributed by atoms with Crippen molar-refractivity contribution in [3.63, 3.8) is 0 Å². The van der Waals surface area contributed by atoms with Gasteiger partial charge in [0.15, 0.2) is 0 Å². The molecule has 0 heterocycles. The number of rotatable bonds is 6. The van der Waals surface area contributed by atoms with Crippen LogP contribution in [0.4, 0.5) is 0 Å². The third-order valence-corrected chi connectivity index (χ3v) is 1.27. The number of ketones is 1. The summed E-state index contributed by atoms with van der Waals surface area (Å²) in [7, 11) is 0. The van der Waals surface area contributed by atoms with E-state index in [0.717, 1.165) is 6.42 Å². The molecule has 0 aromatic carbocycles. The lowest BCUT2D eigenvalue weighted by atomic mass is 10.2. The van der Waals surface area contributed by atoms with Gasteiger partial charge in [0, 0.05) is 6.42 Å². The number of ether oxygens (including phenoxy) is 1. The number of nitrogens with two attached hydrogens (primary N) is 1. The molecule has 0 unspecified atom stereocenters. The van der Waals surface area contributed by atoms with E-state index >= 15 is 0 Å². The summed E-state index contributed by atoms with van der Waals surface area (Å²) >= 11 is 0. The summed E-state index contributed by atoms with van der Waals surface area (Å²) in [5.74, 6) is -1.21. The zero-order valence-corrected chi connectivity index (χ0v) is 7.34. The second kappa shape index (κ2) is 6.79. The minimum Gasteiger partial charge on any atom is -0.460 e. The zero-order valence-electron chi connectivity index (χ0n) is 7.34. The molecule has 0 bridgehead atoms. The molecule has 0 rings (SSSR count). The van der Waals surface area contributed by atoms with E-state index in [4.69, 9.17) is 5.73 Å². The number of carbonyl (C=O) groups excluding carboxylic acids is 2. The predicted octanol–water partition coefficient (Wildman–Crippen LogP) is 0.248. The van der Waals surface area contributed by atoms with Gasteiger partial charge in [-0.15, -0.1) is 0 Å². The maximum atomic E-state index is 10.9. The highest BCUT2D eigenvalue weighted by atomic mass is 16.5. The Morgan fingerprint density at radius 2 is 2.08 bits per heavy atom. The molecule has 0 aromatic rings. The molecule has 70 valence electrons. The summed E-state index contributed by atoms with van der Waals surface area (Å²) in [5.41, 5.74) is 5.17. The third-order valence-electron chi connectivity index (χ3n) is 1.27. The summed E-state index contributed by atoms with van der Waals surface area (Å²) in [6.45, 7) is 2.61. The Bertz CT molecular complexity index is 138. The van der Waals surface area contributed by atoms with E-state index < -0.39 is 11.8 Å². The van der Waals surface area contributed by atoms with Gasteiger partial charge in [0.1, 0.15) is 0 Å². The fraction of sp³-hybridized carbons (Fsp3) is 0.750. The lowest BCUT2D eigenvalue weighted by molar-refractivity contribution is -0.153. The number of carbonyl (C=O) groups is 2. The minimum atomic E-state index is -0.731. The van der Waals surface area contributed by atoms with Crippen LogP contribution in [0.5, 0.6) is 0 Å². The van der Waals surface area contributed by atoms with Crippen molar-refractivity contribution in [2.24, 2.45) is 5.73 Å². The van der Waals surface area contributed by atoms with Crippen LogP contribution in [0.2, 0.25) is 0 Å². The van der Waals surface area contributed by atoms with Gasteiger partial charge in [-0.3, -0.25) is 4.79 Å². The zero-order chi connectivity index (χ0) is 9.40. The van der Waals surface area contributed by atoms with Crippen LogP contribution in [0.15, 0.2) is 0 Å². The first-order valence-electron chi connectivity index (χ1n) is 4.12. The number of hydrogen-bond acceptors (Lipinski definition) is 4. The molecule has 0 aliphatic carbocycles. The van der Waals surface area contributed by atoms with Crippen molar-refractivity contribution >= 4 is 11.8 Å². The van der Waals surface area contributed by atoms with Crippen molar-refractivity contribution < 1.29 is 14.3 Å². The predicted molar refractivity (Wildman–Crippen MR) is 44.5 cm³/mol. The molecule has 0 amide bonds. The van der Waals surface area contributed by atoms with Gasteiger partial charge >= 0.3 is 5.97 Å². The van der Waals surface area contributed by atoms with Gasteiger partial charge in [-0.2, -0.15) is 0 Å². The molecule has 0 aliphatic heterocycles. The fourth-order valence-corrected chi connectivity index (χ4v) is 0.640. The molecule has 4 nitrogen and oxygen atoms in total. The fourth-order valence-electron chi connectivity index (χ4n) is 0.640. The second-order valence-electron chi connectivity index (χ2n) is 2.45. The molecule has 0 fully saturated rings. The van der Waals surface area contributed by atoms with Crippen molar-refractivity contribution in [1.29, 1.82) is 0 Å². The molecule has 12 heavy (non-hydrogen) atoms. The van der Waals surface area contributed by atoms with Gasteiger partial charge in [0.05, 0.1) is 6.61 Å². The van der Waals surface area contributed by atoms with Crippen molar-refractivity contribution in [2.45, 2.75) is 26.2 Å². The SMILES string of the molecule is CCCOC(=O)C(=O)CCCN. The lowest BCUT2D eigenvalue weighted by Gasteiger charge is -2.00. The highest BCUT2D eigenvalue weighted by Gasteiger charge is 2.13. The van der Waals surface area contributed by atoms with E-state index in [1.807, 2.05) is 6.92 Å². The Labute approximate surface area is 72.1 Å². The van der Waals surface area contributed by atoms with Crippen LogP contribution in [0.25, 0.3) is 0 Å². The van der Waals surface area contributed by atoms with Crippen LogP contribution >= 0.6 is 0 Å². The summed E-state index contributed by atoms with van der Waals surface area (Å²) in [6, 6.07) is 0. The summed E-state index contributed by atoms with van der Waals surface area (Å²) in [5, 5.41) is 0. The summed E-state index contributed by atoms with van der Waals surface area (Å²) < 4.78 is 4.62. The average molecular weight is 173 g/mol. The smallest absolute Gasteiger partial charge is 0.374 e. The molecular weight excluding hydrogens is 158 g/mol. The van der Waals surface area contributed by atoms with E-state index in [1.165, 1.54) is 0 Å². The Kier molecular flexibility index (Phi) is 6.28. The van der Waals surface area contributed by atoms with Crippen LogP contribution in [-0.4, -0.2) is 24.9 Å².